The summed E-state index contributed by atoms with van der Waals surface area (Å²) in [4.78, 5) is 1.35. The predicted octanol–water partition coefficient (Wildman–Crippen LogP) is 4.04. The van der Waals surface area contributed by atoms with Crippen LogP contribution in [0.1, 0.15) is 121 Å². The molecule has 0 spiro atoms. The molecule has 2 aromatic carbocycles. The van der Waals surface area contributed by atoms with Crippen molar-refractivity contribution in [2.24, 2.45) is 0 Å². The number of benzene rings is 2. The number of rotatable bonds is 1. The minimum absolute atomic E-state index is 0. The molecule has 0 saturated carbocycles. The molecule has 3 rings (SSSR count). The van der Waals surface area contributed by atoms with Crippen molar-refractivity contribution in [3.8, 4) is 11.5 Å². The second-order valence-corrected chi connectivity index (χ2v) is 16.0. The van der Waals surface area contributed by atoms with Crippen LogP contribution in [0.4, 0.5) is 0 Å². The normalized spacial score (nSPS) is 11.5. The Morgan fingerprint density at radius 3 is 1.10 bits per heavy atom. The van der Waals surface area contributed by atoms with Gasteiger partial charge in [-0.1, -0.05) is 95.2 Å². The Morgan fingerprint density at radius 2 is 0.902 bits per heavy atom. The molecule has 0 aliphatic rings. The molecular formula is C35H52Cl2O2STi-2. The average molecular weight is 656 g/mol. The van der Waals surface area contributed by atoms with Crippen LogP contribution in [0.25, 0.3) is 0 Å². The Hall–Kier alpha value is -1.10. The molecule has 230 valence electrons. The van der Waals surface area contributed by atoms with Crippen LogP contribution in [0.5, 0.6) is 11.5 Å². The number of aromatic hydroxyl groups is 2. The van der Waals surface area contributed by atoms with E-state index in [0.29, 0.717) is 11.5 Å². The van der Waals surface area contributed by atoms with Crippen LogP contribution in [0.15, 0.2) is 41.8 Å². The molecule has 0 unspecified atom stereocenters. The van der Waals surface area contributed by atoms with E-state index in [2.05, 4.69) is 131 Å². The Balaban J connectivity index is 0. The van der Waals surface area contributed by atoms with Gasteiger partial charge >= 0.3 is 58.0 Å². The third kappa shape index (κ3) is 13.0. The van der Waals surface area contributed by atoms with Crippen LogP contribution >= 0.6 is 11.3 Å². The molecule has 1 aromatic heterocycles. The topological polar surface area (TPSA) is 40.5 Å². The van der Waals surface area contributed by atoms with E-state index in [4.69, 9.17) is 0 Å². The first kappa shape index (κ1) is 42.0. The van der Waals surface area contributed by atoms with Gasteiger partial charge in [-0.05, 0) is 81.0 Å². The molecule has 0 fully saturated rings. The van der Waals surface area contributed by atoms with Gasteiger partial charge in [-0.3, -0.25) is 0 Å². The van der Waals surface area contributed by atoms with E-state index in [0.717, 1.165) is 22.3 Å². The van der Waals surface area contributed by atoms with Gasteiger partial charge in [0.1, 0.15) is 11.5 Å². The summed E-state index contributed by atoms with van der Waals surface area (Å²) in [6, 6.07) is 12.3. The maximum absolute atomic E-state index is 10.0. The number of hydrogen-bond donors (Lipinski definition) is 2. The number of halogens is 2. The molecular weight excluding hydrogens is 603 g/mol. The third-order valence-electron chi connectivity index (χ3n) is 6.60. The number of hydrogen-bond acceptors (Lipinski definition) is 3. The zero-order valence-corrected chi connectivity index (χ0v) is 31.6. The molecule has 0 aliphatic carbocycles. The van der Waals surface area contributed by atoms with E-state index in [9.17, 15) is 10.2 Å². The van der Waals surface area contributed by atoms with Crippen LogP contribution in [0.2, 0.25) is 0 Å². The predicted molar refractivity (Wildman–Crippen MR) is 170 cm³/mol. The monoisotopic (exact) mass is 654 g/mol. The molecule has 6 heteroatoms. The summed E-state index contributed by atoms with van der Waals surface area (Å²) in [6.07, 6.45) is 0. The molecule has 0 amide bonds. The molecule has 0 aliphatic heterocycles. The Labute approximate surface area is 279 Å². The van der Waals surface area contributed by atoms with Crippen LogP contribution in [-0.4, -0.2) is 14.5 Å². The van der Waals surface area contributed by atoms with Crippen LogP contribution < -0.4 is 24.8 Å². The Bertz CT molecular complexity index is 1090. The standard InChI is InChI=1S/2C15H24O.C5H4S.2ClH.Ti/c2*1-10-8-13(16)12(15(5,6)7)9-11(10)14(2,3)4;1-5-3-2-4-6-5;;;/h2*8-9,16H,1-7H3;1-4H;2*1H;/p-2. The number of aryl methyl sites for hydroxylation is 2. The summed E-state index contributed by atoms with van der Waals surface area (Å²) in [5.74, 6) is 0.830. The van der Waals surface area contributed by atoms with Gasteiger partial charge in [-0.15, -0.1) is 0 Å². The fourth-order valence-electron chi connectivity index (χ4n) is 4.58. The van der Waals surface area contributed by atoms with Crippen molar-refractivity contribution in [3.05, 3.63) is 80.0 Å². The molecule has 3 aromatic rings. The van der Waals surface area contributed by atoms with Crippen molar-refractivity contribution in [2.75, 3.05) is 0 Å². The fourth-order valence-corrected chi connectivity index (χ4v) is 5.58. The van der Waals surface area contributed by atoms with Gasteiger partial charge in [-0.25, -0.2) is 0 Å². The van der Waals surface area contributed by atoms with E-state index >= 15 is 0 Å². The summed E-state index contributed by atoms with van der Waals surface area (Å²) in [5.41, 5.74) is 7.23. The SMILES string of the molecule is Cc1cc(O)c(C(C)(C)C)cc1C(C)(C)C.Cc1cc(O)c(C(C)(C)C)cc1C(C)(C)C.[Cl-].[Cl-].[Ti]=[CH]c1cccs1. The van der Waals surface area contributed by atoms with E-state index in [-0.39, 0.29) is 46.5 Å². The van der Waals surface area contributed by atoms with Crippen LogP contribution in [0, 0.1) is 13.8 Å². The molecule has 1 heterocycles. The summed E-state index contributed by atoms with van der Waals surface area (Å²) in [6.45, 7) is 30.1. The van der Waals surface area contributed by atoms with Gasteiger partial charge in [0.2, 0.25) is 0 Å². The first-order valence-electron chi connectivity index (χ1n) is 13.7. The van der Waals surface area contributed by atoms with Crippen molar-refractivity contribution in [1.82, 2.24) is 0 Å². The molecule has 2 nitrogen and oxygen atoms in total. The molecule has 2 N–H and O–H groups in total. The quantitative estimate of drug-likeness (QED) is 0.389. The zero-order chi connectivity index (χ0) is 30.6. The summed E-state index contributed by atoms with van der Waals surface area (Å²) < 4.78 is 2.10. The molecule has 0 bridgehead atoms. The van der Waals surface area contributed by atoms with E-state index in [1.165, 1.54) is 16.0 Å². The molecule has 0 saturated heterocycles. The van der Waals surface area contributed by atoms with Gasteiger partial charge in [0.15, 0.2) is 0 Å². The molecule has 0 radical (unpaired) electrons. The van der Waals surface area contributed by atoms with Crippen molar-refractivity contribution < 1.29 is 55.0 Å². The summed E-state index contributed by atoms with van der Waals surface area (Å²) in [5, 5.41) is 22.1. The van der Waals surface area contributed by atoms with Gasteiger partial charge in [0, 0.05) is 0 Å². The number of phenolic OH excluding ortho intramolecular Hbond substituents is 2. The second-order valence-electron chi connectivity index (χ2n) is 14.5. The first-order chi connectivity index (χ1) is 17.5. The Morgan fingerprint density at radius 1 is 0.585 bits per heavy atom. The number of thiophene rings is 1. The van der Waals surface area contributed by atoms with E-state index in [1.54, 1.807) is 11.3 Å². The third-order valence-corrected chi connectivity index (χ3v) is 8.23. The maximum atomic E-state index is 10.0. The second kappa shape index (κ2) is 16.1. The fraction of sp³-hybridized carbons (Fsp3) is 0.514. The first-order valence-corrected chi connectivity index (χ1v) is 15.5. The van der Waals surface area contributed by atoms with Gasteiger partial charge in [0.05, 0.1) is 0 Å². The van der Waals surface area contributed by atoms with E-state index in [1.807, 2.05) is 32.1 Å². The van der Waals surface area contributed by atoms with E-state index < -0.39 is 0 Å². The van der Waals surface area contributed by atoms with Crippen molar-refractivity contribution >= 4 is 15.7 Å². The van der Waals surface area contributed by atoms with Crippen LogP contribution in [0.3, 0.4) is 0 Å². The zero-order valence-electron chi connectivity index (χ0n) is 27.7. The Kier molecular flexibility index (Phi) is 16.5. The van der Waals surface area contributed by atoms with Crippen molar-refractivity contribution in [2.45, 2.75) is 119 Å². The summed E-state index contributed by atoms with van der Waals surface area (Å²) in [7, 11) is 0. The van der Waals surface area contributed by atoms with Crippen LogP contribution in [-0.2, 0) is 41.6 Å². The van der Waals surface area contributed by atoms with Crippen molar-refractivity contribution in [3.63, 3.8) is 0 Å². The van der Waals surface area contributed by atoms with Gasteiger partial charge < -0.3 is 35.0 Å². The average Bonchev–Trinajstić information content (AvgIpc) is 3.24. The molecule has 0 atom stereocenters. The van der Waals surface area contributed by atoms with Gasteiger partial charge in [-0.2, -0.15) is 0 Å². The summed E-state index contributed by atoms with van der Waals surface area (Å²) >= 11 is 3.81. The molecule has 41 heavy (non-hydrogen) atoms. The van der Waals surface area contributed by atoms with Gasteiger partial charge in [0.25, 0.3) is 0 Å². The van der Waals surface area contributed by atoms with Crippen molar-refractivity contribution in [1.29, 1.82) is 0 Å². The minimum atomic E-state index is -0.0161. The number of phenols is 2.